The lowest BCUT2D eigenvalue weighted by atomic mass is 9.85. The van der Waals surface area contributed by atoms with Gasteiger partial charge in [0.1, 0.15) is 0 Å². The van der Waals surface area contributed by atoms with E-state index >= 15 is 0 Å². The van der Waals surface area contributed by atoms with E-state index in [-0.39, 0.29) is 5.41 Å². The third-order valence-electron chi connectivity index (χ3n) is 4.11. The van der Waals surface area contributed by atoms with Crippen LogP contribution in [0.1, 0.15) is 26.2 Å². The lowest BCUT2D eigenvalue weighted by molar-refractivity contribution is -0.0161. The van der Waals surface area contributed by atoms with Gasteiger partial charge in [-0.05, 0) is 26.2 Å². The van der Waals surface area contributed by atoms with E-state index in [2.05, 4.69) is 4.90 Å². The fourth-order valence-electron chi connectivity index (χ4n) is 2.67. The van der Waals surface area contributed by atoms with E-state index in [1.54, 1.807) is 0 Å². The van der Waals surface area contributed by atoms with Crippen LogP contribution in [0.2, 0.25) is 0 Å². The summed E-state index contributed by atoms with van der Waals surface area (Å²) >= 11 is 0. The van der Waals surface area contributed by atoms with Gasteiger partial charge >= 0.3 is 0 Å². The Bertz CT molecular complexity index is 227. The van der Waals surface area contributed by atoms with Crippen molar-refractivity contribution >= 4 is 0 Å². The molecule has 4 heteroatoms. The second-order valence-corrected chi connectivity index (χ2v) is 5.78. The average molecular weight is 228 g/mol. The lowest BCUT2D eigenvalue weighted by Gasteiger charge is -2.40. The monoisotopic (exact) mass is 228 g/mol. The highest BCUT2D eigenvalue weighted by atomic mass is 16.5. The van der Waals surface area contributed by atoms with Crippen molar-refractivity contribution in [2.24, 2.45) is 11.1 Å². The van der Waals surface area contributed by atoms with Crippen LogP contribution < -0.4 is 5.73 Å². The normalized spacial score (nSPS) is 35.4. The Balaban J connectivity index is 1.86. The molecular formula is C12H24N2O2. The summed E-state index contributed by atoms with van der Waals surface area (Å²) in [5.41, 5.74) is 5.59. The molecule has 0 amide bonds. The van der Waals surface area contributed by atoms with Gasteiger partial charge in [0.25, 0.3) is 0 Å². The summed E-state index contributed by atoms with van der Waals surface area (Å²) < 4.78 is 5.48. The van der Waals surface area contributed by atoms with Gasteiger partial charge in [0.2, 0.25) is 0 Å². The van der Waals surface area contributed by atoms with Crippen molar-refractivity contribution in [2.75, 3.05) is 39.4 Å². The van der Waals surface area contributed by atoms with E-state index < -0.39 is 5.60 Å². The Morgan fingerprint density at radius 2 is 2.00 bits per heavy atom. The van der Waals surface area contributed by atoms with Crippen molar-refractivity contribution in [3.8, 4) is 0 Å². The van der Waals surface area contributed by atoms with Crippen molar-refractivity contribution in [1.82, 2.24) is 4.90 Å². The first-order valence-corrected chi connectivity index (χ1v) is 6.28. The first-order valence-electron chi connectivity index (χ1n) is 6.28. The zero-order valence-electron chi connectivity index (χ0n) is 10.2. The van der Waals surface area contributed by atoms with Crippen molar-refractivity contribution in [3.05, 3.63) is 0 Å². The predicted molar refractivity (Wildman–Crippen MR) is 63.2 cm³/mol. The first-order chi connectivity index (χ1) is 7.55. The summed E-state index contributed by atoms with van der Waals surface area (Å²) in [4.78, 5) is 2.43. The maximum atomic E-state index is 9.90. The minimum Gasteiger partial charge on any atom is -0.390 e. The van der Waals surface area contributed by atoms with E-state index in [4.69, 9.17) is 10.5 Å². The van der Waals surface area contributed by atoms with Crippen LogP contribution in [0.25, 0.3) is 0 Å². The molecule has 2 saturated heterocycles. The second kappa shape index (κ2) is 4.61. The highest BCUT2D eigenvalue weighted by Gasteiger charge is 2.37. The van der Waals surface area contributed by atoms with Gasteiger partial charge in [-0.1, -0.05) is 0 Å². The molecule has 2 aliphatic heterocycles. The molecule has 4 nitrogen and oxygen atoms in total. The van der Waals surface area contributed by atoms with Gasteiger partial charge in [0.15, 0.2) is 0 Å². The van der Waals surface area contributed by atoms with Crippen LogP contribution in [0.4, 0.5) is 0 Å². The quantitative estimate of drug-likeness (QED) is 0.724. The molecule has 0 bridgehead atoms. The molecule has 1 unspecified atom stereocenters. The predicted octanol–water partition coefficient (Wildman–Crippen LogP) is 0.199. The highest BCUT2D eigenvalue weighted by Crippen LogP contribution is 2.30. The molecular weight excluding hydrogens is 204 g/mol. The Labute approximate surface area is 97.7 Å². The molecule has 0 spiro atoms. The van der Waals surface area contributed by atoms with Crippen LogP contribution in [0.15, 0.2) is 0 Å². The number of hydrogen-bond donors (Lipinski definition) is 2. The van der Waals surface area contributed by atoms with Crippen LogP contribution in [0, 0.1) is 5.41 Å². The van der Waals surface area contributed by atoms with Crippen LogP contribution >= 0.6 is 0 Å². The number of piperidine rings is 1. The molecule has 0 aliphatic carbocycles. The Morgan fingerprint density at radius 1 is 1.31 bits per heavy atom. The molecule has 0 aromatic rings. The summed E-state index contributed by atoms with van der Waals surface area (Å²) in [5.74, 6) is 0. The summed E-state index contributed by atoms with van der Waals surface area (Å²) in [6.45, 7) is 7.28. The highest BCUT2D eigenvalue weighted by molar-refractivity contribution is 4.90. The van der Waals surface area contributed by atoms with Crippen LogP contribution in [0.5, 0.6) is 0 Å². The number of nitrogens with two attached hydrogens (primary N) is 1. The molecule has 2 fully saturated rings. The molecule has 3 N–H and O–H groups in total. The lowest BCUT2D eigenvalue weighted by Crippen LogP contribution is -2.49. The number of rotatable bonds is 3. The molecule has 0 aromatic carbocycles. The van der Waals surface area contributed by atoms with Crippen molar-refractivity contribution in [2.45, 2.75) is 31.8 Å². The summed E-state index contributed by atoms with van der Waals surface area (Å²) in [6, 6.07) is 0. The maximum Gasteiger partial charge on any atom is 0.0644 e. The third kappa shape index (κ3) is 2.74. The fourth-order valence-corrected chi connectivity index (χ4v) is 2.67. The summed E-state index contributed by atoms with van der Waals surface area (Å²) in [7, 11) is 0. The fraction of sp³-hybridized carbons (Fsp3) is 1.00. The molecule has 2 heterocycles. The summed E-state index contributed by atoms with van der Waals surface area (Å²) in [6.07, 6.45) is 2.82. The van der Waals surface area contributed by atoms with Crippen molar-refractivity contribution < 1.29 is 9.84 Å². The minimum atomic E-state index is -0.460. The maximum absolute atomic E-state index is 9.90. The van der Waals surface area contributed by atoms with Gasteiger partial charge in [0.05, 0.1) is 12.2 Å². The van der Waals surface area contributed by atoms with Crippen molar-refractivity contribution in [1.29, 1.82) is 0 Å². The smallest absolute Gasteiger partial charge is 0.0644 e. The van der Waals surface area contributed by atoms with Crippen LogP contribution in [-0.2, 0) is 4.74 Å². The number of nitrogens with zero attached hydrogens (tertiary/aromatic N) is 1. The molecule has 94 valence electrons. The van der Waals surface area contributed by atoms with E-state index in [1.807, 2.05) is 6.92 Å². The van der Waals surface area contributed by atoms with Crippen molar-refractivity contribution in [3.63, 3.8) is 0 Å². The Hall–Kier alpha value is -0.160. The van der Waals surface area contributed by atoms with E-state index in [0.717, 1.165) is 52.1 Å². The Morgan fingerprint density at radius 3 is 2.50 bits per heavy atom. The van der Waals surface area contributed by atoms with E-state index in [1.165, 1.54) is 0 Å². The SMILES string of the molecule is CC1(O)CCN(CC2(CN)CCOC2)CC1. The topological polar surface area (TPSA) is 58.7 Å². The van der Waals surface area contributed by atoms with Gasteiger partial charge in [-0.25, -0.2) is 0 Å². The van der Waals surface area contributed by atoms with Gasteiger partial charge in [0, 0.05) is 38.2 Å². The molecule has 2 rings (SSSR count). The average Bonchev–Trinajstić information content (AvgIpc) is 2.71. The van der Waals surface area contributed by atoms with Gasteiger partial charge in [-0.3, -0.25) is 0 Å². The zero-order valence-corrected chi connectivity index (χ0v) is 10.2. The number of hydrogen-bond acceptors (Lipinski definition) is 4. The molecule has 0 radical (unpaired) electrons. The molecule has 16 heavy (non-hydrogen) atoms. The number of aliphatic hydroxyl groups is 1. The van der Waals surface area contributed by atoms with Gasteiger partial charge in [-0.15, -0.1) is 0 Å². The molecule has 1 atom stereocenters. The molecule has 0 aromatic heterocycles. The van der Waals surface area contributed by atoms with E-state index in [0.29, 0.717) is 6.54 Å². The van der Waals surface area contributed by atoms with Crippen LogP contribution in [-0.4, -0.2) is 55.0 Å². The zero-order chi connectivity index (χ0) is 11.6. The standard InChI is InChI=1S/C12H24N2O2/c1-11(15)2-5-14(6-3-11)9-12(8-13)4-7-16-10-12/h15H,2-10,13H2,1H3. The Kier molecular flexibility index (Phi) is 3.54. The van der Waals surface area contributed by atoms with Crippen LogP contribution in [0.3, 0.4) is 0 Å². The largest absolute Gasteiger partial charge is 0.390 e. The number of likely N-dealkylation sites (tertiary alicyclic amines) is 1. The minimum absolute atomic E-state index is 0.170. The number of ether oxygens (including phenoxy) is 1. The molecule has 2 aliphatic rings. The van der Waals surface area contributed by atoms with Gasteiger partial charge in [-0.2, -0.15) is 0 Å². The van der Waals surface area contributed by atoms with E-state index in [9.17, 15) is 5.11 Å². The summed E-state index contributed by atoms with van der Waals surface area (Å²) in [5, 5.41) is 9.90. The third-order valence-corrected chi connectivity index (χ3v) is 4.11. The first kappa shape index (κ1) is 12.3. The molecule has 0 saturated carbocycles. The second-order valence-electron chi connectivity index (χ2n) is 5.78. The van der Waals surface area contributed by atoms with Gasteiger partial charge < -0.3 is 20.5 Å².